The van der Waals surface area contributed by atoms with Crippen molar-refractivity contribution in [3.8, 4) is 17.1 Å². The van der Waals surface area contributed by atoms with Crippen molar-refractivity contribution in [2.45, 2.75) is 21.9 Å². The van der Waals surface area contributed by atoms with Gasteiger partial charge in [-0.25, -0.2) is 13.4 Å². The number of H-pyrrole nitrogens is 1. The van der Waals surface area contributed by atoms with Crippen LogP contribution >= 0.6 is 12.6 Å². The molecule has 0 atom stereocenters. The number of rotatable bonds is 4. The molecular weight excluding hydrogens is 344 g/mol. The third kappa shape index (κ3) is 3.05. The zero-order valence-electron chi connectivity index (χ0n) is 13.1. The number of hydrogen-bond donors (Lipinski definition) is 2. The van der Waals surface area contributed by atoms with E-state index in [1.165, 1.54) is 0 Å². The number of aromatic amines is 1. The second kappa shape index (κ2) is 6.33. The van der Waals surface area contributed by atoms with Gasteiger partial charge in [-0.1, -0.05) is 17.7 Å². The van der Waals surface area contributed by atoms with E-state index in [4.69, 9.17) is 4.74 Å². The normalized spacial score (nSPS) is 11.5. The number of nitrogens with zero attached hydrogens (tertiary/aromatic N) is 1. The summed E-state index contributed by atoms with van der Waals surface area (Å²) >= 11 is 4.23. The largest absolute Gasteiger partial charge is 0.497 e. The van der Waals surface area contributed by atoms with Crippen molar-refractivity contribution in [2.24, 2.45) is 0 Å². The number of aryl methyl sites for hydroxylation is 1. The fourth-order valence-electron chi connectivity index (χ4n) is 2.26. The molecule has 1 aromatic heterocycles. The van der Waals surface area contributed by atoms with Gasteiger partial charge in [-0.05, 0) is 43.3 Å². The molecule has 0 aliphatic carbocycles. The van der Waals surface area contributed by atoms with Gasteiger partial charge in [0, 0.05) is 5.56 Å². The van der Waals surface area contributed by atoms with Gasteiger partial charge in [0.2, 0.25) is 9.84 Å². The van der Waals surface area contributed by atoms with Gasteiger partial charge >= 0.3 is 0 Å². The van der Waals surface area contributed by atoms with Gasteiger partial charge in [0.1, 0.15) is 16.6 Å². The second-order valence-electron chi connectivity index (χ2n) is 5.28. The first-order valence-corrected chi connectivity index (χ1v) is 9.10. The average molecular weight is 360 g/mol. The summed E-state index contributed by atoms with van der Waals surface area (Å²) in [6, 6.07) is 13.8. The zero-order valence-corrected chi connectivity index (χ0v) is 14.9. The highest BCUT2D eigenvalue weighted by atomic mass is 32.2. The summed E-state index contributed by atoms with van der Waals surface area (Å²) in [5.74, 6) is 1.15. The second-order valence-corrected chi connectivity index (χ2v) is 7.59. The lowest BCUT2D eigenvalue weighted by atomic mass is 10.2. The molecule has 0 bridgehead atoms. The van der Waals surface area contributed by atoms with E-state index in [9.17, 15) is 8.42 Å². The quantitative estimate of drug-likeness (QED) is 0.699. The SMILES string of the molecule is COc1ccc(-c2nc(S)c(S(=O)(=O)c3ccc(C)cc3)[nH]2)cc1. The highest BCUT2D eigenvalue weighted by Gasteiger charge is 2.24. The molecule has 0 spiro atoms. The van der Waals surface area contributed by atoms with Crippen LogP contribution in [0.15, 0.2) is 63.5 Å². The molecule has 1 N–H and O–H groups in total. The maximum Gasteiger partial charge on any atom is 0.224 e. The van der Waals surface area contributed by atoms with Gasteiger partial charge in [-0.3, -0.25) is 0 Å². The molecule has 0 amide bonds. The molecule has 1 heterocycles. The lowest BCUT2D eigenvalue weighted by Crippen LogP contribution is -2.03. The third-order valence-electron chi connectivity index (χ3n) is 3.62. The Bertz CT molecular complexity index is 960. The first-order valence-electron chi connectivity index (χ1n) is 7.17. The molecule has 7 heteroatoms. The smallest absolute Gasteiger partial charge is 0.224 e. The highest BCUT2D eigenvalue weighted by Crippen LogP contribution is 2.28. The Labute approximate surface area is 146 Å². The number of methoxy groups -OCH3 is 1. The van der Waals surface area contributed by atoms with E-state index in [1.807, 2.05) is 6.92 Å². The van der Waals surface area contributed by atoms with Gasteiger partial charge < -0.3 is 9.72 Å². The van der Waals surface area contributed by atoms with E-state index in [2.05, 4.69) is 22.6 Å². The molecule has 0 saturated carbocycles. The van der Waals surface area contributed by atoms with Crippen molar-refractivity contribution in [2.75, 3.05) is 7.11 Å². The van der Waals surface area contributed by atoms with Crippen LogP contribution in [0.3, 0.4) is 0 Å². The van der Waals surface area contributed by atoms with E-state index in [1.54, 1.807) is 55.6 Å². The Kier molecular flexibility index (Phi) is 4.38. The summed E-state index contributed by atoms with van der Waals surface area (Å²) in [7, 11) is -2.12. The highest BCUT2D eigenvalue weighted by molar-refractivity contribution is 7.92. The van der Waals surface area contributed by atoms with Crippen LogP contribution in [-0.4, -0.2) is 25.5 Å². The Morgan fingerprint density at radius 2 is 1.67 bits per heavy atom. The molecule has 3 aromatic rings. The van der Waals surface area contributed by atoms with E-state index < -0.39 is 9.84 Å². The average Bonchev–Trinajstić information content (AvgIpc) is 2.98. The Morgan fingerprint density at radius 3 is 2.25 bits per heavy atom. The maximum atomic E-state index is 12.8. The number of nitrogens with one attached hydrogen (secondary N) is 1. The van der Waals surface area contributed by atoms with Crippen molar-refractivity contribution in [3.05, 3.63) is 54.1 Å². The Hall–Kier alpha value is -2.25. The van der Waals surface area contributed by atoms with Crippen molar-refractivity contribution in [1.82, 2.24) is 9.97 Å². The van der Waals surface area contributed by atoms with Crippen LogP contribution in [0.1, 0.15) is 5.56 Å². The van der Waals surface area contributed by atoms with Gasteiger partial charge in [0.05, 0.1) is 12.0 Å². The first kappa shape index (κ1) is 16.6. The minimum atomic E-state index is -3.71. The summed E-state index contributed by atoms with van der Waals surface area (Å²) < 4.78 is 30.7. The number of ether oxygens (including phenoxy) is 1. The van der Waals surface area contributed by atoms with Crippen LogP contribution in [0, 0.1) is 6.92 Å². The summed E-state index contributed by atoms with van der Waals surface area (Å²) in [6.07, 6.45) is 0. The maximum absolute atomic E-state index is 12.8. The lowest BCUT2D eigenvalue weighted by molar-refractivity contribution is 0.415. The van der Waals surface area contributed by atoms with Gasteiger partial charge in [0.15, 0.2) is 5.03 Å². The molecule has 24 heavy (non-hydrogen) atoms. The van der Waals surface area contributed by atoms with E-state index in [0.29, 0.717) is 11.6 Å². The molecule has 2 aromatic carbocycles. The molecule has 124 valence electrons. The fraction of sp³-hybridized carbons (Fsp3) is 0.118. The predicted molar refractivity (Wildman–Crippen MR) is 94.5 cm³/mol. The molecule has 0 aliphatic heterocycles. The van der Waals surface area contributed by atoms with Crippen LogP contribution in [-0.2, 0) is 9.84 Å². The summed E-state index contributed by atoms with van der Waals surface area (Å²) in [5, 5.41) is 0.127. The molecule has 0 unspecified atom stereocenters. The van der Waals surface area contributed by atoms with Gasteiger partial charge in [-0.2, -0.15) is 0 Å². The number of benzene rings is 2. The van der Waals surface area contributed by atoms with E-state index in [-0.39, 0.29) is 14.9 Å². The minimum absolute atomic E-state index is 0.0134. The van der Waals surface area contributed by atoms with Gasteiger partial charge in [0.25, 0.3) is 0 Å². The zero-order chi connectivity index (χ0) is 17.3. The molecular formula is C17H16N2O3S2. The summed E-state index contributed by atoms with van der Waals surface area (Å²) in [6.45, 7) is 1.90. The molecule has 5 nitrogen and oxygen atoms in total. The monoisotopic (exact) mass is 360 g/mol. The summed E-state index contributed by atoms with van der Waals surface area (Å²) in [4.78, 5) is 7.31. The molecule has 0 radical (unpaired) electrons. The number of imidazole rings is 1. The van der Waals surface area contributed by atoms with Crippen LogP contribution in [0.25, 0.3) is 11.4 Å². The van der Waals surface area contributed by atoms with Crippen molar-refractivity contribution < 1.29 is 13.2 Å². The third-order valence-corrected chi connectivity index (χ3v) is 5.82. The Balaban J connectivity index is 2.03. The van der Waals surface area contributed by atoms with Gasteiger partial charge in [-0.15, -0.1) is 12.6 Å². The van der Waals surface area contributed by atoms with Crippen LogP contribution in [0.4, 0.5) is 0 Å². The van der Waals surface area contributed by atoms with E-state index in [0.717, 1.165) is 11.1 Å². The van der Waals surface area contributed by atoms with Crippen molar-refractivity contribution in [3.63, 3.8) is 0 Å². The summed E-state index contributed by atoms with van der Waals surface area (Å²) in [5.41, 5.74) is 1.74. The number of sulfone groups is 1. The lowest BCUT2D eigenvalue weighted by Gasteiger charge is -2.03. The number of aromatic nitrogens is 2. The minimum Gasteiger partial charge on any atom is -0.497 e. The van der Waals surface area contributed by atoms with Crippen molar-refractivity contribution >= 4 is 22.5 Å². The first-order chi connectivity index (χ1) is 11.4. The number of thiol groups is 1. The predicted octanol–water partition coefficient (Wildman–Crippen LogP) is 3.52. The van der Waals surface area contributed by atoms with E-state index >= 15 is 0 Å². The molecule has 0 saturated heterocycles. The number of hydrogen-bond acceptors (Lipinski definition) is 5. The Morgan fingerprint density at radius 1 is 1.04 bits per heavy atom. The van der Waals surface area contributed by atoms with Crippen LogP contribution in [0.2, 0.25) is 0 Å². The topological polar surface area (TPSA) is 72.0 Å². The molecule has 3 rings (SSSR count). The van der Waals surface area contributed by atoms with Crippen molar-refractivity contribution in [1.29, 1.82) is 0 Å². The molecule has 0 aliphatic rings. The van der Waals surface area contributed by atoms with Crippen LogP contribution < -0.4 is 4.74 Å². The fourth-order valence-corrected chi connectivity index (χ4v) is 4.02. The standard InChI is InChI=1S/C17H16N2O3S2/c1-11-3-9-14(10-4-11)24(20,21)17-16(23)18-15(19-17)12-5-7-13(22-2)8-6-12/h3-10,23H,1-2H3,(H,18,19). The van der Waals surface area contributed by atoms with Crippen LogP contribution in [0.5, 0.6) is 5.75 Å². The molecule has 0 fully saturated rings.